The first-order valence-corrected chi connectivity index (χ1v) is 6.03. The van der Waals surface area contributed by atoms with E-state index in [9.17, 15) is 9.59 Å². The van der Waals surface area contributed by atoms with E-state index in [-0.39, 0.29) is 19.0 Å². The molecule has 19 heavy (non-hydrogen) atoms. The van der Waals surface area contributed by atoms with E-state index in [0.717, 1.165) is 5.56 Å². The molecule has 0 aliphatic heterocycles. The maximum absolute atomic E-state index is 11.2. The summed E-state index contributed by atoms with van der Waals surface area (Å²) in [4.78, 5) is 21.4. The summed E-state index contributed by atoms with van der Waals surface area (Å²) in [7, 11) is 0. The van der Waals surface area contributed by atoms with Crippen molar-refractivity contribution in [2.45, 2.75) is 13.0 Å². The van der Waals surface area contributed by atoms with E-state index >= 15 is 0 Å². The first kappa shape index (κ1) is 15.0. The van der Waals surface area contributed by atoms with Crippen LogP contribution in [0, 0.1) is 0 Å². The first-order valence-electron chi connectivity index (χ1n) is 6.03. The Hall–Kier alpha value is -2.08. The molecule has 2 amide bonds. The van der Waals surface area contributed by atoms with Crippen molar-refractivity contribution in [1.82, 2.24) is 10.6 Å². The van der Waals surface area contributed by atoms with E-state index < -0.39 is 5.97 Å². The SMILES string of the molecule is O=C(O)CCNC(=O)NCCOCc1ccccc1. The fourth-order valence-corrected chi connectivity index (χ4v) is 1.35. The predicted molar refractivity (Wildman–Crippen MR) is 69.8 cm³/mol. The predicted octanol–water partition coefficient (Wildman–Crippen LogP) is 0.977. The monoisotopic (exact) mass is 266 g/mol. The summed E-state index contributed by atoms with van der Waals surface area (Å²) >= 11 is 0. The van der Waals surface area contributed by atoms with Gasteiger partial charge in [-0.3, -0.25) is 4.79 Å². The highest BCUT2D eigenvalue weighted by atomic mass is 16.5. The molecule has 6 heteroatoms. The van der Waals surface area contributed by atoms with Crippen LogP contribution in [0.1, 0.15) is 12.0 Å². The zero-order chi connectivity index (χ0) is 13.9. The number of rotatable bonds is 8. The fraction of sp³-hybridized carbons (Fsp3) is 0.385. The number of benzene rings is 1. The second-order valence-electron chi connectivity index (χ2n) is 3.86. The van der Waals surface area contributed by atoms with E-state index in [1.54, 1.807) is 0 Å². The number of aliphatic carboxylic acids is 1. The van der Waals surface area contributed by atoms with Crippen LogP contribution in [0.3, 0.4) is 0 Å². The van der Waals surface area contributed by atoms with Crippen molar-refractivity contribution in [3.63, 3.8) is 0 Å². The van der Waals surface area contributed by atoms with Crippen LogP contribution >= 0.6 is 0 Å². The summed E-state index contributed by atoms with van der Waals surface area (Å²) in [5.41, 5.74) is 1.08. The van der Waals surface area contributed by atoms with Gasteiger partial charge in [-0.15, -0.1) is 0 Å². The van der Waals surface area contributed by atoms with Crippen molar-refractivity contribution in [3.05, 3.63) is 35.9 Å². The van der Waals surface area contributed by atoms with Gasteiger partial charge in [-0.05, 0) is 5.56 Å². The highest BCUT2D eigenvalue weighted by Crippen LogP contribution is 1.99. The molecule has 1 rings (SSSR count). The first-order chi connectivity index (χ1) is 9.18. The van der Waals surface area contributed by atoms with Gasteiger partial charge in [-0.2, -0.15) is 0 Å². The Morgan fingerprint density at radius 3 is 2.47 bits per heavy atom. The normalized spacial score (nSPS) is 9.89. The molecular weight excluding hydrogens is 248 g/mol. The largest absolute Gasteiger partial charge is 0.481 e. The number of hydrogen-bond donors (Lipinski definition) is 3. The maximum atomic E-state index is 11.2. The highest BCUT2D eigenvalue weighted by molar-refractivity contribution is 5.74. The van der Waals surface area contributed by atoms with Gasteiger partial charge in [0.05, 0.1) is 19.6 Å². The number of nitrogens with one attached hydrogen (secondary N) is 2. The van der Waals surface area contributed by atoms with E-state index in [2.05, 4.69) is 10.6 Å². The van der Waals surface area contributed by atoms with E-state index in [1.807, 2.05) is 30.3 Å². The average Bonchev–Trinajstić information content (AvgIpc) is 2.39. The lowest BCUT2D eigenvalue weighted by molar-refractivity contribution is -0.136. The van der Waals surface area contributed by atoms with Gasteiger partial charge >= 0.3 is 12.0 Å². The highest BCUT2D eigenvalue weighted by Gasteiger charge is 2.01. The molecule has 1 aromatic carbocycles. The molecule has 0 spiro atoms. The van der Waals surface area contributed by atoms with Gasteiger partial charge < -0.3 is 20.5 Å². The number of carboxylic acid groups (broad SMARTS) is 1. The van der Waals surface area contributed by atoms with Crippen LogP contribution in [0.2, 0.25) is 0 Å². The molecule has 1 aromatic rings. The molecule has 0 aromatic heterocycles. The average molecular weight is 266 g/mol. The molecule has 0 atom stereocenters. The summed E-state index contributed by atoms with van der Waals surface area (Å²) in [6.07, 6.45) is -0.0854. The number of amides is 2. The van der Waals surface area contributed by atoms with Crippen LogP contribution in [-0.4, -0.2) is 36.8 Å². The Morgan fingerprint density at radius 1 is 1.11 bits per heavy atom. The van der Waals surface area contributed by atoms with Crippen LogP contribution < -0.4 is 10.6 Å². The van der Waals surface area contributed by atoms with Crippen molar-refractivity contribution in [2.75, 3.05) is 19.7 Å². The van der Waals surface area contributed by atoms with Crippen molar-refractivity contribution >= 4 is 12.0 Å². The van der Waals surface area contributed by atoms with Crippen molar-refractivity contribution in [1.29, 1.82) is 0 Å². The Labute approximate surface area is 111 Å². The second-order valence-corrected chi connectivity index (χ2v) is 3.86. The van der Waals surface area contributed by atoms with Crippen LogP contribution in [0.5, 0.6) is 0 Å². The zero-order valence-electron chi connectivity index (χ0n) is 10.6. The minimum atomic E-state index is -0.938. The van der Waals surface area contributed by atoms with Crippen LogP contribution in [0.4, 0.5) is 4.79 Å². The fourth-order valence-electron chi connectivity index (χ4n) is 1.35. The van der Waals surface area contributed by atoms with Crippen molar-refractivity contribution in [2.24, 2.45) is 0 Å². The van der Waals surface area contributed by atoms with E-state index in [0.29, 0.717) is 19.8 Å². The van der Waals surface area contributed by atoms with Gasteiger partial charge in [0.2, 0.25) is 0 Å². The third kappa shape index (κ3) is 7.77. The van der Waals surface area contributed by atoms with Gasteiger partial charge in [0.1, 0.15) is 0 Å². The van der Waals surface area contributed by atoms with Crippen LogP contribution in [-0.2, 0) is 16.1 Å². The number of carbonyl (C=O) groups is 2. The van der Waals surface area contributed by atoms with Gasteiger partial charge in [0.25, 0.3) is 0 Å². The summed E-state index contributed by atoms with van der Waals surface area (Å²) in [5, 5.41) is 13.4. The minimum absolute atomic E-state index is 0.0854. The molecule has 0 saturated carbocycles. The second kappa shape index (κ2) is 8.93. The summed E-state index contributed by atoms with van der Waals surface area (Å²) in [6, 6.07) is 9.36. The Bertz CT molecular complexity index is 395. The molecule has 0 unspecified atom stereocenters. The van der Waals surface area contributed by atoms with Gasteiger partial charge in [-0.25, -0.2) is 4.79 Å². The molecular formula is C13H18N2O4. The number of carboxylic acids is 1. The standard InChI is InChI=1S/C13H18N2O4/c16-12(17)6-7-14-13(18)15-8-9-19-10-11-4-2-1-3-5-11/h1-5H,6-10H2,(H,16,17)(H2,14,15,18). The molecule has 0 aliphatic rings. The molecule has 0 heterocycles. The molecule has 0 bridgehead atoms. The summed E-state index contributed by atoms with van der Waals surface area (Å²) in [6.45, 7) is 1.40. The molecule has 0 fully saturated rings. The Balaban J connectivity index is 1.98. The van der Waals surface area contributed by atoms with Crippen molar-refractivity contribution in [3.8, 4) is 0 Å². The third-order valence-corrected chi connectivity index (χ3v) is 2.27. The maximum Gasteiger partial charge on any atom is 0.314 e. The Morgan fingerprint density at radius 2 is 1.79 bits per heavy atom. The lowest BCUT2D eigenvalue weighted by atomic mass is 10.2. The molecule has 6 nitrogen and oxygen atoms in total. The topological polar surface area (TPSA) is 87.7 Å². The molecule has 0 saturated heterocycles. The van der Waals surface area contributed by atoms with Crippen molar-refractivity contribution < 1.29 is 19.4 Å². The lowest BCUT2D eigenvalue weighted by Gasteiger charge is -2.07. The van der Waals surface area contributed by atoms with Crippen LogP contribution in [0.25, 0.3) is 0 Å². The quantitative estimate of drug-likeness (QED) is 0.612. The van der Waals surface area contributed by atoms with Gasteiger partial charge in [0.15, 0.2) is 0 Å². The number of ether oxygens (including phenoxy) is 1. The number of hydrogen-bond acceptors (Lipinski definition) is 3. The van der Waals surface area contributed by atoms with E-state index in [1.165, 1.54) is 0 Å². The minimum Gasteiger partial charge on any atom is -0.481 e. The Kier molecular flexibility index (Phi) is 7.04. The van der Waals surface area contributed by atoms with Gasteiger partial charge in [0, 0.05) is 13.1 Å². The number of urea groups is 1. The van der Waals surface area contributed by atoms with E-state index in [4.69, 9.17) is 9.84 Å². The smallest absolute Gasteiger partial charge is 0.314 e. The third-order valence-electron chi connectivity index (χ3n) is 2.27. The summed E-state index contributed by atoms with van der Waals surface area (Å²) < 4.78 is 5.38. The molecule has 0 aliphatic carbocycles. The summed E-state index contributed by atoms with van der Waals surface area (Å²) in [5.74, 6) is -0.938. The molecule has 0 radical (unpaired) electrons. The van der Waals surface area contributed by atoms with Gasteiger partial charge in [-0.1, -0.05) is 30.3 Å². The lowest BCUT2D eigenvalue weighted by Crippen LogP contribution is -2.38. The zero-order valence-corrected chi connectivity index (χ0v) is 10.6. The molecule has 3 N–H and O–H groups in total. The number of carbonyl (C=O) groups excluding carboxylic acids is 1. The van der Waals surface area contributed by atoms with Crippen LogP contribution in [0.15, 0.2) is 30.3 Å². The molecule has 104 valence electrons.